The molecule has 1 N–H and O–H groups in total. The maximum atomic E-state index is 11.5. The van der Waals surface area contributed by atoms with Gasteiger partial charge in [0.25, 0.3) is 0 Å². The molecule has 0 saturated heterocycles. The van der Waals surface area contributed by atoms with Gasteiger partial charge >= 0.3 is 6.09 Å². The standard InChI is InChI=1S/C20H29N3O2/c1-20(2,3)18-22-16-12-15(25-19(24)21-4)10-11-17(16)23(18)13-14-8-6-5-7-9-14/h10-12,14H,5-9,13H2,1-4H3,(H,21,24). The van der Waals surface area contributed by atoms with E-state index in [1.165, 1.54) is 32.1 Å². The number of hydrogen-bond acceptors (Lipinski definition) is 3. The van der Waals surface area contributed by atoms with E-state index in [1.54, 1.807) is 7.05 Å². The largest absolute Gasteiger partial charge is 0.412 e. The van der Waals surface area contributed by atoms with E-state index in [1.807, 2.05) is 18.2 Å². The Morgan fingerprint density at radius 1 is 1.28 bits per heavy atom. The fourth-order valence-electron chi connectivity index (χ4n) is 3.72. The summed E-state index contributed by atoms with van der Waals surface area (Å²) in [6.45, 7) is 7.63. The Labute approximate surface area is 149 Å². The number of carbonyl (C=O) groups is 1. The minimum atomic E-state index is -0.461. The summed E-state index contributed by atoms with van der Waals surface area (Å²) in [4.78, 5) is 16.3. The molecule has 1 fully saturated rings. The number of ether oxygens (including phenoxy) is 1. The van der Waals surface area contributed by atoms with E-state index in [4.69, 9.17) is 9.72 Å². The third kappa shape index (κ3) is 3.97. The second kappa shape index (κ2) is 7.06. The van der Waals surface area contributed by atoms with Crippen molar-refractivity contribution in [1.29, 1.82) is 0 Å². The van der Waals surface area contributed by atoms with Crippen molar-refractivity contribution in [2.75, 3.05) is 7.05 Å². The van der Waals surface area contributed by atoms with E-state index in [-0.39, 0.29) is 5.41 Å². The summed E-state index contributed by atoms with van der Waals surface area (Å²) >= 11 is 0. The highest BCUT2D eigenvalue weighted by Gasteiger charge is 2.25. The van der Waals surface area contributed by atoms with Crippen LogP contribution in [0.5, 0.6) is 5.75 Å². The van der Waals surface area contributed by atoms with Gasteiger partial charge in [-0.2, -0.15) is 0 Å². The van der Waals surface area contributed by atoms with Gasteiger partial charge in [0, 0.05) is 25.1 Å². The summed E-state index contributed by atoms with van der Waals surface area (Å²) < 4.78 is 7.64. The maximum Gasteiger partial charge on any atom is 0.412 e. The molecule has 0 radical (unpaired) electrons. The first-order valence-electron chi connectivity index (χ1n) is 9.29. The van der Waals surface area contributed by atoms with Crippen molar-refractivity contribution in [3.63, 3.8) is 0 Å². The molecule has 1 heterocycles. The van der Waals surface area contributed by atoms with Gasteiger partial charge in [-0.25, -0.2) is 9.78 Å². The first kappa shape index (κ1) is 17.8. The van der Waals surface area contributed by atoms with Crippen molar-refractivity contribution >= 4 is 17.1 Å². The molecule has 1 aromatic carbocycles. The Balaban J connectivity index is 1.98. The van der Waals surface area contributed by atoms with Crippen LogP contribution in [0.15, 0.2) is 18.2 Å². The number of nitrogens with one attached hydrogen (secondary N) is 1. The van der Waals surface area contributed by atoms with Crippen LogP contribution in [0.25, 0.3) is 11.0 Å². The fourth-order valence-corrected chi connectivity index (χ4v) is 3.72. The molecular weight excluding hydrogens is 314 g/mol. The van der Waals surface area contributed by atoms with Crippen LogP contribution in [0.4, 0.5) is 4.79 Å². The molecule has 0 atom stereocenters. The maximum absolute atomic E-state index is 11.5. The molecule has 5 heteroatoms. The van der Waals surface area contributed by atoms with Gasteiger partial charge in [0.2, 0.25) is 0 Å². The molecule has 1 aliphatic rings. The zero-order valence-electron chi connectivity index (χ0n) is 15.8. The minimum absolute atomic E-state index is 0.0322. The number of imidazole rings is 1. The SMILES string of the molecule is CNC(=O)Oc1ccc2c(c1)nc(C(C)(C)C)n2CC1CCCCC1. The van der Waals surface area contributed by atoms with E-state index < -0.39 is 6.09 Å². The van der Waals surface area contributed by atoms with Gasteiger partial charge in [0.05, 0.1) is 11.0 Å². The molecule has 1 aliphatic carbocycles. The average Bonchev–Trinajstić information content (AvgIpc) is 2.94. The molecule has 1 amide bonds. The van der Waals surface area contributed by atoms with Gasteiger partial charge in [0.1, 0.15) is 11.6 Å². The van der Waals surface area contributed by atoms with Crippen LogP contribution < -0.4 is 10.1 Å². The average molecular weight is 343 g/mol. The highest BCUT2D eigenvalue weighted by molar-refractivity contribution is 5.79. The van der Waals surface area contributed by atoms with Crippen molar-refractivity contribution < 1.29 is 9.53 Å². The highest BCUT2D eigenvalue weighted by atomic mass is 16.5. The van der Waals surface area contributed by atoms with Gasteiger partial charge in [-0.05, 0) is 30.9 Å². The van der Waals surface area contributed by atoms with E-state index in [0.717, 1.165) is 29.3 Å². The number of hydrogen-bond donors (Lipinski definition) is 1. The van der Waals surface area contributed by atoms with Crippen molar-refractivity contribution in [3.8, 4) is 5.75 Å². The molecule has 1 saturated carbocycles. The summed E-state index contributed by atoms with van der Waals surface area (Å²) in [5.74, 6) is 2.36. The van der Waals surface area contributed by atoms with Gasteiger partial charge < -0.3 is 14.6 Å². The zero-order chi connectivity index (χ0) is 18.0. The molecule has 0 bridgehead atoms. The minimum Gasteiger partial charge on any atom is -0.410 e. The lowest BCUT2D eigenvalue weighted by Gasteiger charge is -2.26. The van der Waals surface area contributed by atoms with Gasteiger partial charge in [-0.15, -0.1) is 0 Å². The molecular formula is C20H29N3O2. The van der Waals surface area contributed by atoms with Crippen LogP contribution >= 0.6 is 0 Å². The zero-order valence-corrected chi connectivity index (χ0v) is 15.8. The first-order chi connectivity index (χ1) is 11.9. The molecule has 5 nitrogen and oxygen atoms in total. The van der Waals surface area contributed by atoms with Crippen LogP contribution in [0, 0.1) is 5.92 Å². The van der Waals surface area contributed by atoms with Crippen molar-refractivity contribution in [1.82, 2.24) is 14.9 Å². The first-order valence-corrected chi connectivity index (χ1v) is 9.29. The molecule has 136 valence electrons. The summed E-state index contributed by atoms with van der Waals surface area (Å²) in [6.07, 6.45) is 6.20. The molecule has 0 spiro atoms. The lowest BCUT2D eigenvalue weighted by Crippen LogP contribution is -2.22. The third-order valence-corrected chi connectivity index (χ3v) is 4.97. The van der Waals surface area contributed by atoms with Crippen LogP contribution in [0.1, 0.15) is 58.7 Å². The predicted octanol–water partition coefficient (Wildman–Crippen LogP) is 4.63. The predicted molar refractivity (Wildman–Crippen MR) is 100 cm³/mol. The van der Waals surface area contributed by atoms with E-state index >= 15 is 0 Å². The Kier molecular flexibility index (Phi) is 5.02. The Morgan fingerprint density at radius 3 is 2.64 bits per heavy atom. The normalized spacial score (nSPS) is 16.2. The van der Waals surface area contributed by atoms with Gasteiger partial charge in [-0.1, -0.05) is 40.0 Å². The second-order valence-corrected chi connectivity index (χ2v) is 8.09. The van der Waals surface area contributed by atoms with Gasteiger partial charge in [0.15, 0.2) is 0 Å². The monoisotopic (exact) mass is 343 g/mol. The Bertz CT molecular complexity index is 752. The van der Waals surface area contributed by atoms with Crippen LogP contribution in [-0.4, -0.2) is 22.7 Å². The highest BCUT2D eigenvalue weighted by Crippen LogP contribution is 2.32. The molecule has 1 aromatic heterocycles. The summed E-state index contributed by atoms with van der Waals surface area (Å²) in [5.41, 5.74) is 1.98. The van der Waals surface area contributed by atoms with Crippen LogP contribution in [0.3, 0.4) is 0 Å². The Hall–Kier alpha value is -2.04. The van der Waals surface area contributed by atoms with E-state index in [9.17, 15) is 4.79 Å². The second-order valence-electron chi connectivity index (χ2n) is 8.09. The van der Waals surface area contributed by atoms with Crippen LogP contribution in [0.2, 0.25) is 0 Å². The lowest BCUT2D eigenvalue weighted by atomic mass is 9.88. The number of carbonyl (C=O) groups excluding carboxylic acids is 1. The lowest BCUT2D eigenvalue weighted by molar-refractivity contribution is 0.203. The van der Waals surface area contributed by atoms with E-state index in [0.29, 0.717) is 5.75 Å². The topological polar surface area (TPSA) is 56.1 Å². The number of aromatic nitrogens is 2. The molecule has 0 aliphatic heterocycles. The molecule has 0 unspecified atom stereocenters. The summed E-state index contributed by atoms with van der Waals surface area (Å²) in [7, 11) is 1.55. The summed E-state index contributed by atoms with van der Waals surface area (Å²) in [6, 6.07) is 5.74. The molecule has 25 heavy (non-hydrogen) atoms. The van der Waals surface area contributed by atoms with Crippen molar-refractivity contribution in [2.24, 2.45) is 5.92 Å². The number of fused-ring (bicyclic) bond motifs is 1. The third-order valence-electron chi connectivity index (χ3n) is 4.97. The quantitative estimate of drug-likeness (QED) is 0.884. The number of amides is 1. The fraction of sp³-hybridized carbons (Fsp3) is 0.600. The smallest absolute Gasteiger partial charge is 0.410 e. The van der Waals surface area contributed by atoms with E-state index in [2.05, 4.69) is 30.7 Å². The number of rotatable bonds is 3. The molecule has 3 rings (SSSR count). The van der Waals surface area contributed by atoms with Crippen LogP contribution in [-0.2, 0) is 12.0 Å². The molecule has 2 aromatic rings. The summed E-state index contributed by atoms with van der Waals surface area (Å²) in [5, 5.41) is 2.47. The number of nitrogens with zero attached hydrogens (tertiary/aromatic N) is 2. The Morgan fingerprint density at radius 2 is 2.00 bits per heavy atom. The number of benzene rings is 1. The van der Waals surface area contributed by atoms with Gasteiger partial charge in [-0.3, -0.25) is 0 Å². The van der Waals surface area contributed by atoms with Crippen molar-refractivity contribution in [2.45, 2.75) is 64.8 Å². The van der Waals surface area contributed by atoms with Crippen molar-refractivity contribution in [3.05, 3.63) is 24.0 Å².